The molecule has 1 unspecified atom stereocenters. The zero-order chi connectivity index (χ0) is 14.0. The summed E-state index contributed by atoms with van der Waals surface area (Å²) in [5.41, 5.74) is 0. The van der Waals surface area contributed by atoms with Gasteiger partial charge in [0, 0.05) is 26.5 Å². The van der Waals surface area contributed by atoms with Crippen molar-refractivity contribution in [3.63, 3.8) is 0 Å². The minimum absolute atomic E-state index is 0.508. The zero-order valence-corrected chi connectivity index (χ0v) is 11.2. The zero-order valence-electron chi connectivity index (χ0n) is 10.4. The molecule has 6 heteroatoms. The number of aliphatic carboxylic acids is 1. The first-order valence-electron chi connectivity index (χ1n) is 5.45. The van der Waals surface area contributed by atoms with E-state index in [1.165, 1.54) is 14.2 Å². The normalized spacial score (nSPS) is 11.8. The smallest absolute Gasteiger partial charge is 0.326 e. The van der Waals surface area contributed by atoms with E-state index in [9.17, 15) is 9.59 Å². The number of halogens is 1. The van der Waals surface area contributed by atoms with Gasteiger partial charge in [-0.3, -0.25) is 9.59 Å². The summed E-state index contributed by atoms with van der Waals surface area (Å²) < 4.78 is 9.43. The monoisotopic (exact) mass is 276 g/mol. The van der Waals surface area contributed by atoms with Crippen molar-refractivity contribution >= 4 is 23.4 Å². The van der Waals surface area contributed by atoms with E-state index in [-0.39, 0.29) is 0 Å². The number of Topliss-reactive ketones (excluding diaryl/α,β-unsaturated/α-hetero) is 1. The van der Waals surface area contributed by atoms with E-state index in [0.717, 1.165) is 12.8 Å². The fourth-order valence-electron chi connectivity index (χ4n) is 1.20. The minimum atomic E-state index is -1.43. The molecule has 0 fully saturated rings. The van der Waals surface area contributed by atoms with E-state index < -0.39 is 24.0 Å². The van der Waals surface area contributed by atoms with Crippen molar-refractivity contribution in [3.05, 3.63) is 0 Å². The Hall–Kier alpha value is -1.09. The van der Waals surface area contributed by atoms with Crippen LogP contribution in [-0.4, -0.2) is 43.2 Å². The Labute approximate surface area is 111 Å². The highest BCUT2D eigenvalue weighted by Gasteiger charge is 2.31. The van der Waals surface area contributed by atoms with Gasteiger partial charge in [0.1, 0.15) is 0 Å². The van der Waals surface area contributed by atoms with Crippen LogP contribution in [0.3, 0.4) is 0 Å². The molecular formula is C12H17ClO5. The van der Waals surface area contributed by atoms with Crippen molar-refractivity contribution in [2.75, 3.05) is 20.1 Å². The molecule has 1 atom stereocenters. The Bertz CT molecular complexity index is 327. The van der Waals surface area contributed by atoms with E-state index in [2.05, 4.69) is 11.8 Å². The molecule has 0 aromatic heterocycles. The molecule has 0 heterocycles. The van der Waals surface area contributed by atoms with Crippen LogP contribution in [0.15, 0.2) is 0 Å². The van der Waals surface area contributed by atoms with Crippen LogP contribution in [0, 0.1) is 17.8 Å². The fourth-order valence-corrected chi connectivity index (χ4v) is 1.39. The predicted molar refractivity (Wildman–Crippen MR) is 66.3 cm³/mol. The van der Waals surface area contributed by atoms with Crippen LogP contribution in [0.25, 0.3) is 0 Å². The maximum Gasteiger partial charge on any atom is 0.326 e. The predicted octanol–water partition coefficient (Wildman–Crippen LogP) is 1.29. The largest absolute Gasteiger partial charge is 0.480 e. The summed E-state index contributed by atoms with van der Waals surface area (Å²) in [7, 11) is 2.53. The lowest BCUT2D eigenvalue weighted by Gasteiger charge is -2.13. The molecule has 0 spiro atoms. The Kier molecular flexibility index (Phi) is 9.29. The quantitative estimate of drug-likeness (QED) is 0.238. The summed E-state index contributed by atoms with van der Waals surface area (Å²) in [4.78, 5) is 22.7. The van der Waals surface area contributed by atoms with E-state index in [0.29, 0.717) is 12.3 Å². The number of carboxylic acids is 1. The molecular weight excluding hydrogens is 260 g/mol. The number of carbonyl (C=O) groups excluding carboxylic acids is 1. The molecule has 5 nitrogen and oxygen atoms in total. The first-order valence-corrected chi connectivity index (χ1v) is 5.98. The fraction of sp³-hybridized carbons (Fsp3) is 0.667. The van der Waals surface area contributed by atoms with E-state index >= 15 is 0 Å². The van der Waals surface area contributed by atoms with E-state index in [1.54, 1.807) is 0 Å². The molecule has 18 heavy (non-hydrogen) atoms. The lowest BCUT2D eigenvalue weighted by molar-refractivity contribution is -0.164. The van der Waals surface area contributed by atoms with E-state index in [4.69, 9.17) is 26.2 Å². The number of methoxy groups -OCH3 is 2. The van der Waals surface area contributed by atoms with Crippen molar-refractivity contribution < 1.29 is 24.2 Å². The molecule has 0 saturated heterocycles. The van der Waals surface area contributed by atoms with Crippen molar-refractivity contribution in [2.45, 2.75) is 25.6 Å². The second-order valence-corrected chi connectivity index (χ2v) is 3.82. The summed E-state index contributed by atoms with van der Waals surface area (Å²) in [5, 5.41) is 8.93. The van der Waals surface area contributed by atoms with Gasteiger partial charge >= 0.3 is 5.97 Å². The Morgan fingerprint density at radius 1 is 1.28 bits per heavy atom. The number of ketones is 1. The lowest BCUT2D eigenvalue weighted by Crippen LogP contribution is -2.34. The molecule has 0 amide bonds. The van der Waals surface area contributed by atoms with Crippen LogP contribution in [0.5, 0.6) is 0 Å². The SMILES string of the molecule is COC(OC)C(=O)C(C#CCCCCCl)C(=O)O. The van der Waals surface area contributed by atoms with Crippen molar-refractivity contribution in [1.29, 1.82) is 0 Å². The van der Waals surface area contributed by atoms with Crippen LogP contribution in [0.4, 0.5) is 0 Å². The number of carboxylic acid groups (broad SMARTS) is 1. The summed E-state index contributed by atoms with van der Waals surface area (Å²) >= 11 is 5.49. The second kappa shape index (κ2) is 9.89. The van der Waals surface area contributed by atoms with Gasteiger partial charge in [-0.1, -0.05) is 5.92 Å². The maximum absolute atomic E-state index is 11.7. The van der Waals surface area contributed by atoms with Crippen molar-refractivity contribution in [3.8, 4) is 11.8 Å². The summed E-state index contributed by atoms with van der Waals surface area (Å²) in [6, 6.07) is 0. The van der Waals surface area contributed by atoms with Crippen LogP contribution in [0.1, 0.15) is 19.3 Å². The number of ether oxygens (including phenoxy) is 2. The Morgan fingerprint density at radius 3 is 2.33 bits per heavy atom. The van der Waals surface area contributed by atoms with Gasteiger partial charge in [0.15, 0.2) is 5.92 Å². The first-order chi connectivity index (χ1) is 8.58. The number of carbonyl (C=O) groups is 2. The van der Waals surface area contributed by atoms with Gasteiger partial charge < -0.3 is 14.6 Å². The molecule has 0 saturated carbocycles. The molecule has 1 N–H and O–H groups in total. The topological polar surface area (TPSA) is 72.8 Å². The Balaban J connectivity index is 4.56. The molecule has 0 rings (SSSR count). The highest BCUT2D eigenvalue weighted by Crippen LogP contribution is 2.06. The maximum atomic E-state index is 11.7. The van der Waals surface area contributed by atoms with Gasteiger partial charge in [-0.2, -0.15) is 0 Å². The third-order valence-electron chi connectivity index (χ3n) is 2.12. The third-order valence-corrected chi connectivity index (χ3v) is 2.39. The average Bonchev–Trinajstić information content (AvgIpc) is 2.34. The summed E-state index contributed by atoms with van der Waals surface area (Å²) in [6.45, 7) is 0. The van der Waals surface area contributed by atoms with Crippen LogP contribution >= 0.6 is 11.6 Å². The Morgan fingerprint density at radius 2 is 1.89 bits per heavy atom. The van der Waals surface area contributed by atoms with Crippen LogP contribution in [0.2, 0.25) is 0 Å². The average molecular weight is 277 g/mol. The highest BCUT2D eigenvalue weighted by atomic mass is 35.5. The summed E-state index contributed by atoms with van der Waals surface area (Å²) in [6.07, 6.45) is 0.882. The minimum Gasteiger partial charge on any atom is -0.480 e. The van der Waals surface area contributed by atoms with Gasteiger partial charge in [-0.15, -0.1) is 17.5 Å². The number of alkyl halides is 1. The molecule has 0 radical (unpaired) electrons. The molecule has 0 aliphatic carbocycles. The number of hydrogen-bond donors (Lipinski definition) is 1. The lowest BCUT2D eigenvalue weighted by atomic mass is 10.0. The molecule has 0 bridgehead atoms. The molecule has 0 aromatic rings. The van der Waals surface area contributed by atoms with Gasteiger partial charge in [0.25, 0.3) is 0 Å². The molecule has 102 valence electrons. The molecule has 0 aliphatic heterocycles. The molecule has 0 aromatic carbocycles. The van der Waals surface area contributed by atoms with Crippen LogP contribution in [-0.2, 0) is 19.1 Å². The van der Waals surface area contributed by atoms with Gasteiger partial charge in [-0.25, -0.2) is 0 Å². The highest BCUT2D eigenvalue weighted by molar-refractivity contribution is 6.17. The van der Waals surface area contributed by atoms with E-state index in [1.807, 2.05) is 0 Å². The number of rotatable bonds is 8. The second-order valence-electron chi connectivity index (χ2n) is 3.44. The number of unbranched alkanes of at least 4 members (excludes halogenated alkanes) is 2. The first kappa shape index (κ1) is 16.9. The van der Waals surface area contributed by atoms with Gasteiger partial charge in [0.2, 0.25) is 12.1 Å². The van der Waals surface area contributed by atoms with Crippen LogP contribution < -0.4 is 0 Å². The number of hydrogen-bond acceptors (Lipinski definition) is 4. The van der Waals surface area contributed by atoms with Gasteiger partial charge in [0.05, 0.1) is 0 Å². The third kappa shape index (κ3) is 6.01. The van der Waals surface area contributed by atoms with Crippen molar-refractivity contribution in [1.82, 2.24) is 0 Å². The summed E-state index contributed by atoms with van der Waals surface area (Å²) in [5.74, 6) is 2.19. The van der Waals surface area contributed by atoms with Gasteiger partial charge in [-0.05, 0) is 12.8 Å². The standard InChI is InChI=1S/C12H17ClO5/c1-17-12(18-2)10(14)9(11(15)16)7-5-3-4-6-8-13/h9,12H,3-4,6,8H2,1-2H3,(H,15,16). The molecule has 0 aliphatic rings. The van der Waals surface area contributed by atoms with Crippen molar-refractivity contribution in [2.24, 2.45) is 5.92 Å².